The van der Waals surface area contributed by atoms with E-state index in [1.807, 2.05) is 7.05 Å². The number of benzene rings is 1. The Morgan fingerprint density at radius 3 is 3.00 bits per heavy atom. The fourth-order valence-electron chi connectivity index (χ4n) is 2.44. The molecule has 2 rings (SSSR count). The van der Waals surface area contributed by atoms with Crippen molar-refractivity contribution in [2.45, 2.75) is 37.8 Å². The summed E-state index contributed by atoms with van der Waals surface area (Å²) in [6, 6.07) is 4.54. The summed E-state index contributed by atoms with van der Waals surface area (Å²) in [4.78, 5) is 0. The second kappa shape index (κ2) is 6.50. The fourth-order valence-corrected chi connectivity index (χ4v) is 2.69. The zero-order valence-electron chi connectivity index (χ0n) is 10.6. The molecule has 1 aromatic rings. The van der Waals surface area contributed by atoms with Gasteiger partial charge in [0.05, 0.1) is 6.10 Å². The van der Waals surface area contributed by atoms with Gasteiger partial charge in [0.25, 0.3) is 0 Å². The molecule has 1 aromatic carbocycles. The van der Waals surface area contributed by atoms with E-state index in [-0.39, 0.29) is 18.0 Å². The molecule has 1 aliphatic rings. The van der Waals surface area contributed by atoms with E-state index in [1.54, 1.807) is 6.07 Å². The zero-order valence-corrected chi connectivity index (χ0v) is 11.3. The number of rotatable bonds is 4. The summed E-state index contributed by atoms with van der Waals surface area (Å²) in [5, 5.41) is 3.81. The van der Waals surface area contributed by atoms with E-state index in [0.717, 1.165) is 31.4 Å². The number of halogens is 2. The summed E-state index contributed by atoms with van der Waals surface area (Å²) in [7, 11) is 1.87. The van der Waals surface area contributed by atoms with Crippen molar-refractivity contribution in [3.8, 4) is 0 Å². The molecular formula is C14H19ClFNO. The van der Waals surface area contributed by atoms with Crippen molar-refractivity contribution in [3.63, 3.8) is 0 Å². The van der Waals surface area contributed by atoms with Crippen molar-refractivity contribution >= 4 is 11.6 Å². The van der Waals surface area contributed by atoms with Gasteiger partial charge in [-0.05, 0) is 56.5 Å². The topological polar surface area (TPSA) is 21.3 Å². The van der Waals surface area contributed by atoms with E-state index < -0.39 is 0 Å². The first kappa shape index (κ1) is 13.8. The number of hydrogen-bond donors (Lipinski definition) is 1. The first-order valence-corrected chi connectivity index (χ1v) is 6.82. The van der Waals surface area contributed by atoms with Crippen LogP contribution in [0.25, 0.3) is 0 Å². The van der Waals surface area contributed by atoms with Gasteiger partial charge in [-0.1, -0.05) is 11.6 Å². The van der Waals surface area contributed by atoms with Crippen molar-refractivity contribution in [1.29, 1.82) is 0 Å². The van der Waals surface area contributed by atoms with Crippen molar-refractivity contribution in [2.24, 2.45) is 0 Å². The third kappa shape index (κ3) is 3.44. The lowest BCUT2D eigenvalue weighted by Crippen LogP contribution is -2.27. The van der Waals surface area contributed by atoms with Crippen molar-refractivity contribution in [2.75, 3.05) is 13.7 Å². The summed E-state index contributed by atoms with van der Waals surface area (Å²) in [5.41, 5.74) is 0.813. The normalized spacial score (nSPS) is 21.8. The molecule has 1 fully saturated rings. The van der Waals surface area contributed by atoms with Gasteiger partial charge in [0.1, 0.15) is 5.82 Å². The molecule has 18 heavy (non-hydrogen) atoms. The predicted octanol–water partition coefficient (Wildman–Crippen LogP) is 3.70. The highest BCUT2D eigenvalue weighted by molar-refractivity contribution is 6.31. The molecule has 1 N–H and O–H groups in total. The van der Waals surface area contributed by atoms with Gasteiger partial charge in [-0.25, -0.2) is 4.39 Å². The molecule has 0 aliphatic carbocycles. The molecular weight excluding hydrogens is 253 g/mol. The van der Waals surface area contributed by atoms with E-state index in [1.165, 1.54) is 18.6 Å². The molecule has 0 amide bonds. The lowest BCUT2D eigenvalue weighted by atomic mass is 9.96. The maximum Gasteiger partial charge on any atom is 0.123 e. The van der Waals surface area contributed by atoms with Gasteiger partial charge in [-0.2, -0.15) is 0 Å². The second-order valence-electron chi connectivity index (χ2n) is 4.73. The van der Waals surface area contributed by atoms with Crippen molar-refractivity contribution < 1.29 is 9.13 Å². The van der Waals surface area contributed by atoms with Crippen LogP contribution in [0.2, 0.25) is 5.02 Å². The maximum atomic E-state index is 13.3. The minimum absolute atomic E-state index is 0.0382. The van der Waals surface area contributed by atoms with Crippen LogP contribution in [0.1, 0.15) is 37.3 Å². The Kier molecular flexibility index (Phi) is 4.98. The highest BCUT2D eigenvalue weighted by Crippen LogP contribution is 2.29. The smallest absolute Gasteiger partial charge is 0.123 e. The predicted molar refractivity (Wildman–Crippen MR) is 71.4 cm³/mol. The average Bonchev–Trinajstić information content (AvgIpc) is 2.40. The molecule has 1 saturated heterocycles. The lowest BCUT2D eigenvalue weighted by Gasteiger charge is -2.27. The van der Waals surface area contributed by atoms with E-state index in [9.17, 15) is 4.39 Å². The Morgan fingerprint density at radius 1 is 1.50 bits per heavy atom. The van der Waals surface area contributed by atoms with Gasteiger partial charge in [0, 0.05) is 17.7 Å². The first-order chi connectivity index (χ1) is 8.70. The standard InChI is InChI=1S/C14H19ClFNO/c1-17-14(9-11-4-2-3-7-18-11)12-8-10(16)5-6-13(12)15/h5-6,8,11,14,17H,2-4,7,9H2,1H3. The quantitative estimate of drug-likeness (QED) is 0.902. The fraction of sp³-hybridized carbons (Fsp3) is 0.571. The molecule has 2 atom stereocenters. The summed E-state index contributed by atoms with van der Waals surface area (Å²) in [6.45, 7) is 0.831. The minimum Gasteiger partial charge on any atom is -0.378 e. The van der Waals surface area contributed by atoms with Crippen LogP contribution in [0.4, 0.5) is 4.39 Å². The summed E-state index contributed by atoms with van der Waals surface area (Å²) in [6.07, 6.45) is 4.50. The number of ether oxygens (including phenoxy) is 1. The van der Waals surface area contributed by atoms with Gasteiger partial charge in [0.15, 0.2) is 0 Å². The van der Waals surface area contributed by atoms with Crippen LogP contribution in [-0.4, -0.2) is 19.8 Å². The van der Waals surface area contributed by atoms with Crippen LogP contribution < -0.4 is 5.32 Å². The van der Waals surface area contributed by atoms with Crippen molar-refractivity contribution in [1.82, 2.24) is 5.32 Å². The third-order valence-electron chi connectivity index (χ3n) is 3.45. The Morgan fingerprint density at radius 2 is 2.33 bits per heavy atom. The SMILES string of the molecule is CNC(CC1CCCCO1)c1cc(F)ccc1Cl. The van der Waals surface area contributed by atoms with Gasteiger partial charge >= 0.3 is 0 Å². The van der Waals surface area contributed by atoms with Crippen LogP contribution in [0.5, 0.6) is 0 Å². The zero-order chi connectivity index (χ0) is 13.0. The van der Waals surface area contributed by atoms with Gasteiger partial charge < -0.3 is 10.1 Å². The molecule has 0 spiro atoms. The largest absolute Gasteiger partial charge is 0.378 e. The van der Waals surface area contributed by atoms with E-state index in [2.05, 4.69) is 5.32 Å². The molecule has 2 nitrogen and oxygen atoms in total. The van der Waals surface area contributed by atoms with E-state index in [4.69, 9.17) is 16.3 Å². The van der Waals surface area contributed by atoms with E-state index >= 15 is 0 Å². The van der Waals surface area contributed by atoms with Crippen LogP contribution >= 0.6 is 11.6 Å². The second-order valence-corrected chi connectivity index (χ2v) is 5.14. The Balaban J connectivity index is 2.09. The number of nitrogens with one attached hydrogen (secondary N) is 1. The molecule has 0 radical (unpaired) electrons. The van der Waals surface area contributed by atoms with E-state index in [0.29, 0.717) is 5.02 Å². The number of hydrogen-bond acceptors (Lipinski definition) is 2. The van der Waals surface area contributed by atoms with Gasteiger partial charge in [-0.3, -0.25) is 0 Å². The van der Waals surface area contributed by atoms with Crippen LogP contribution in [0.3, 0.4) is 0 Å². The monoisotopic (exact) mass is 271 g/mol. The molecule has 2 unspecified atom stereocenters. The van der Waals surface area contributed by atoms with Gasteiger partial charge in [0.2, 0.25) is 0 Å². The highest BCUT2D eigenvalue weighted by atomic mass is 35.5. The third-order valence-corrected chi connectivity index (χ3v) is 3.80. The summed E-state index contributed by atoms with van der Waals surface area (Å²) in [5.74, 6) is -0.251. The highest BCUT2D eigenvalue weighted by Gasteiger charge is 2.21. The molecule has 100 valence electrons. The van der Waals surface area contributed by atoms with Crippen LogP contribution in [-0.2, 0) is 4.74 Å². The Hall–Kier alpha value is -0.640. The van der Waals surface area contributed by atoms with Crippen molar-refractivity contribution in [3.05, 3.63) is 34.6 Å². The maximum absolute atomic E-state index is 13.3. The molecule has 1 aliphatic heterocycles. The molecule has 4 heteroatoms. The average molecular weight is 272 g/mol. The first-order valence-electron chi connectivity index (χ1n) is 6.44. The Bertz CT molecular complexity index is 393. The summed E-state index contributed by atoms with van der Waals surface area (Å²) < 4.78 is 19.0. The molecule has 0 aromatic heterocycles. The molecule has 0 bridgehead atoms. The summed E-state index contributed by atoms with van der Waals surface area (Å²) >= 11 is 6.14. The molecule has 0 saturated carbocycles. The van der Waals surface area contributed by atoms with Crippen LogP contribution in [0, 0.1) is 5.82 Å². The Labute approximate surface area is 112 Å². The molecule has 1 heterocycles. The lowest BCUT2D eigenvalue weighted by molar-refractivity contribution is 0.00547. The minimum atomic E-state index is -0.251. The van der Waals surface area contributed by atoms with Gasteiger partial charge in [-0.15, -0.1) is 0 Å². The van der Waals surface area contributed by atoms with Crippen LogP contribution in [0.15, 0.2) is 18.2 Å².